The van der Waals surface area contributed by atoms with E-state index in [-0.39, 0.29) is 57.6 Å². The van der Waals surface area contributed by atoms with E-state index in [1.165, 1.54) is 41.6 Å². The molecule has 2 heterocycles. The SMILES string of the molecule is Cc1ccc(NC(=O)c2c(Cl)cccc2Cl)c2nc(C(F)(F)F)c(N(C)C)n12.Cl.Cl. The minimum atomic E-state index is -4.66. The molecule has 1 amide bonds. The number of carbonyl (C=O) groups is 1. The highest BCUT2D eigenvalue weighted by atomic mass is 35.5. The zero-order valence-corrected chi connectivity index (χ0v) is 19.0. The van der Waals surface area contributed by atoms with Crippen molar-refractivity contribution in [1.29, 1.82) is 0 Å². The molecule has 0 spiro atoms. The Balaban J connectivity index is 0.00000225. The number of benzene rings is 1. The number of alkyl halides is 3. The van der Waals surface area contributed by atoms with Gasteiger partial charge >= 0.3 is 6.18 Å². The number of nitrogens with one attached hydrogen (secondary N) is 1. The molecule has 0 aliphatic heterocycles. The van der Waals surface area contributed by atoms with Crippen LogP contribution >= 0.6 is 48.0 Å². The van der Waals surface area contributed by atoms with Crippen LogP contribution < -0.4 is 10.2 Å². The lowest BCUT2D eigenvalue weighted by Crippen LogP contribution is -2.18. The maximum atomic E-state index is 13.5. The summed E-state index contributed by atoms with van der Waals surface area (Å²) in [7, 11) is 2.99. The Kier molecular flexibility index (Phi) is 8.30. The molecular formula is C18H17Cl4F3N4O. The summed E-state index contributed by atoms with van der Waals surface area (Å²) >= 11 is 12.1. The number of hydrogen-bond acceptors (Lipinski definition) is 3. The van der Waals surface area contributed by atoms with Gasteiger partial charge in [0.05, 0.1) is 21.3 Å². The molecule has 1 N–H and O–H groups in total. The molecule has 0 aliphatic carbocycles. The van der Waals surface area contributed by atoms with Gasteiger partial charge in [0.15, 0.2) is 11.3 Å². The van der Waals surface area contributed by atoms with E-state index >= 15 is 0 Å². The zero-order chi connectivity index (χ0) is 20.8. The van der Waals surface area contributed by atoms with Gasteiger partial charge in [-0.05, 0) is 31.2 Å². The quantitative estimate of drug-likeness (QED) is 0.467. The molecule has 12 heteroatoms. The van der Waals surface area contributed by atoms with E-state index < -0.39 is 17.8 Å². The van der Waals surface area contributed by atoms with Gasteiger partial charge in [0.2, 0.25) is 0 Å². The van der Waals surface area contributed by atoms with Gasteiger partial charge in [-0.1, -0.05) is 29.3 Å². The fraction of sp³-hybridized carbons (Fsp3) is 0.222. The van der Waals surface area contributed by atoms with E-state index in [1.807, 2.05) is 0 Å². The second-order valence-corrected chi connectivity index (χ2v) is 7.09. The molecule has 0 bridgehead atoms. The van der Waals surface area contributed by atoms with Gasteiger partial charge in [-0.2, -0.15) is 13.2 Å². The van der Waals surface area contributed by atoms with Gasteiger partial charge in [-0.25, -0.2) is 4.98 Å². The standard InChI is InChI=1S/C18H15Cl2F3N4O.2ClH/c1-9-7-8-12(24-16(28)13-10(19)5-4-6-11(13)20)15-25-14(18(21,22)23)17(26(2)3)27(9)15;;/h4-8H,1-3H3,(H,24,28);2*1H. The lowest BCUT2D eigenvalue weighted by atomic mass is 10.2. The molecule has 0 fully saturated rings. The van der Waals surface area contributed by atoms with Crippen LogP contribution in [0, 0.1) is 6.92 Å². The normalized spacial score (nSPS) is 10.9. The highest BCUT2D eigenvalue weighted by Gasteiger charge is 2.39. The average molecular weight is 504 g/mol. The number of amides is 1. The summed E-state index contributed by atoms with van der Waals surface area (Å²) in [6, 6.07) is 7.65. The number of rotatable bonds is 3. The van der Waals surface area contributed by atoms with Crippen molar-refractivity contribution in [2.75, 3.05) is 24.3 Å². The molecule has 2 aromatic heterocycles. The Morgan fingerprint density at radius 1 is 1.10 bits per heavy atom. The van der Waals surface area contributed by atoms with Crippen molar-refractivity contribution in [3.8, 4) is 0 Å². The third-order valence-electron chi connectivity index (χ3n) is 4.07. The minimum Gasteiger partial charge on any atom is -0.362 e. The number of anilines is 2. The Morgan fingerprint density at radius 3 is 2.17 bits per heavy atom. The van der Waals surface area contributed by atoms with Crippen molar-refractivity contribution in [2.45, 2.75) is 13.1 Å². The topological polar surface area (TPSA) is 49.6 Å². The number of nitrogens with zero attached hydrogens (tertiary/aromatic N) is 3. The predicted molar refractivity (Wildman–Crippen MR) is 118 cm³/mol. The monoisotopic (exact) mass is 502 g/mol. The first-order valence-corrected chi connectivity index (χ1v) is 8.80. The van der Waals surface area contributed by atoms with Crippen LogP contribution in [-0.4, -0.2) is 29.4 Å². The lowest BCUT2D eigenvalue weighted by molar-refractivity contribution is -0.140. The molecule has 1 aromatic carbocycles. The summed E-state index contributed by atoms with van der Waals surface area (Å²) in [4.78, 5) is 17.8. The zero-order valence-electron chi connectivity index (χ0n) is 15.8. The molecule has 0 saturated carbocycles. The van der Waals surface area contributed by atoms with Gasteiger partial charge in [0, 0.05) is 19.8 Å². The van der Waals surface area contributed by atoms with E-state index in [9.17, 15) is 18.0 Å². The Labute approximate surface area is 193 Å². The first kappa shape index (κ1) is 26.2. The van der Waals surface area contributed by atoms with Crippen LogP contribution in [0.15, 0.2) is 30.3 Å². The molecule has 0 atom stereocenters. The first-order valence-electron chi connectivity index (χ1n) is 8.04. The van der Waals surface area contributed by atoms with Crippen molar-refractivity contribution < 1.29 is 18.0 Å². The Morgan fingerprint density at radius 2 is 1.67 bits per heavy atom. The van der Waals surface area contributed by atoms with Crippen LogP contribution in [0.25, 0.3) is 5.65 Å². The maximum absolute atomic E-state index is 13.5. The number of carbonyl (C=O) groups excluding carboxylic acids is 1. The molecule has 30 heavy (non-hydrogen) atoms. The number of pyridine rings is 1. The van der Waals surface area contributed by atoms with Gasteiger partial charge in [-0.3, -0.25) is 9.20 Å². The fourth-order valence-corrected chi connectivity index (χ4v) is 3.45. The van der Waals surface area contributed by atoms with Gasteiger partial charge < -0.3 is 10.2 Å². The maximum Gasteiger partial charge on any atom is 0.437 e. The Bertz CT molecular complexity index is 1060. The van der Waals surface area contributed by atoms with Crippen molar-refractivity contribution in [1.82, 2.24) is 9.38 Å². The molecule has 0 aliphatic rings. The summed E-state index contributed by atoms with van der Waals surface area (Å²) in [5, 5.41) is 2.82. The van der Waals surface area contributed by atoms with Crippen molar-refractivity contribution in [3.05, 3.63) is 57.3 Å². The van der Waals surface area contributed by atoms with Crippen LogP contribution in [-0.2, 0) is 6.18 Å². The molecule has 5 nitrogen and oxygen atoms in total. The van der Waals surface area contributed by atoms with Crippen molar-refractivity contribution in [3.63, 3.8) is 0 Å². The number of fused-ring (bicyclic) bond motifs is 1. The van der Waals surface area contributed by atoms with Gasteiger partial charge in [0.25, 0.3) is 5.91 Å². The molecule has 3 aromatic rings. The van der Waals surface area contributed by atoms with E-state index in [0.29, 0.717) is 5.69 Å². The van der Waals surface area contributed by atoms with E-state index in [0.717, 1.165) is 0 Å². The largest absolute Gasteiger partial charge is 0.437 e. The summed E-state index contributed by atoms with van der Waals surface area (Å²) in [5.41, 5.74) is -0.425. The van der Waals surface area contributed by atoms with Crippen molar-refractivity contribution in [2.24, 2.45) is 0 Å². The summed E-state index contributed by atoms with van der Waals surface area (Å²) in [5.74, 6) is -0.781. The Hall–Kier alpha value is -1.87. The van der Waals surface area contributed by atoms with Crippen LogP contribution in [0.4, 0.5) is 24.7 Å². The number of aromatic nitrogens is 2. The lowest BCUT2D eigenvalue weighted by Gasteiger charge is -2.17. The van der Waals surface area contributed by atoms with Crippen LogP contribution in [0.1, 0.15) is 21.7 Å². The number of imidazole rings is 1. The van der Waals surface area contributed by atoms with E-state index in [2.05, 4.69) is 10.3 Å². The van der Waals surface area contributed by atoms with Crippen LogP contribution in [0.5, 0.6) is 0 Å². The van der Waals surface area contributed by atoms with E-state index in [1.54, 1.807) is 19.1 Å². The third kappa shape index (κ3) is 4.72. The second kappa shape index (κ2) is 9.51. The highest BCUT2D eigenvalue weighted by Crippen LogP contribution is 2.38. The van der Waals surface area contributed by atoms with Gasteiger partial charge in [0.1, 0.15) is 5.82 Å². The molecule has 0 unspecified atom stereocenters. The molecular weight excluding hydrogens is 487 g/mol. The average Bonchev–Trinajstić information content (AvgIpc) is 2.99. The van der Waals surface area contributed by atoms with Crippen LogP contribution in [0.2, 0.25) is 10.0 Å². The predicted octanol–water partition coefficient (Wildman–Crippen LogP) is 6.13. The first-order chi connectivity index (χ1) is 13.0. The third-order valence-corrected chi connectivity index (χ3v) is 4.70. The molecule has 0 saturated heterocycles. The summed E-state index contributed by atoms with van der Waals surface area (Å²) in [6.07, 6.45) is -4.66. The second-order valence-electron chi connectivity index (χ2n) is 6.27. The smallest absolute Gasteiger partial charge is 0.362 e. The van der Waals surface area contributed by atoms with Crippen molar-refractivity contribution >= 4 is 71.1 Å². The fourth-order valence-electron chi connectivity index (χ4n) is 2.88. The summed E-state index contributed by atoms with van der Waals surface area (Å²) in [6.45, 7) is 1.65. The molecule has 3 rings (SSSR count). The highest BCUT2D eigenvalue weighted by molar-refractivity contribution is 6.40. The molecule has 164 valence electrons. The minimum absolute atomic E-state index is 0. The number of aryl methyl sites for hydroxylation is 1. The summed E-state index contributed by atoms with van der Waals surface area (Å²) < 4.78 is 41.9. The number of halogens is 7. The van der Waals surface area contributed by atoms with Crippen LogP contribution in [0.3, 0.4) is 0 Å². The number of hydrogen-bond donors (Lipinski definition) is 1. The van der Waals surface area contributed by atoms with Gasteiger partial charge in [-0.15, -0.1) is 24.8 Å². The van der Waals surface area contributed by atoms with E-state index in [4.69, 9.17) is 23.2 Å². The molecule has 0 radical (unpaired) electrons.